The number of aliphatic imine (C=N–C) groups is 1. The van der Waals surface area contributed by atoms with Gasteiger partial charge < -0.3 is 19.9 Å². The summed E-state index contributed by atoms with van der Waals surface area (Å²) in [7, 11) is 0. The molecule has 3 aromatic rings. The number of carbonyl (C=O) groups is 3. The molecule has 2 N–H and O–H groups in total. The van der Waals surface area contributed by atoms with Gasteiger partial charge in [-0.05, 0) is 76.3 Å². The summed E-state index contributed by atoms with van der Waals surface area (Å²) in [5.74, 6) is 0.936. The van der Waals surface area contributed by atoms with Crippen molar-refractivity contribution in [1.82, 2.24) is 20.4 Å². The van der Waals surface area contributed by atoms with Gasteiger partial charge in [-0.15, -0.1) is 0 Å². The second-order valence-corrected chi connectivity index (χ2v) is 14.6. The second-order valence-electron chi connectivity index (χ2n) is 14.6. The first-order chi connectivity index (χ1) is 25.4. The molecule has 0 atom stereocenters. The Bertz CT molecular complexity index is 1610. The SMILES string of the molecule is CC(C)NC(=O)CN1Cc2cccc(OCCCC(=O)N(C3CCCCC3)C3CCCCC3)c2N=C1NC(=O)N(c1ccccc1)c1ccccc1. The average molecular weight is 707 g/mol. The number of fused-ring (bicyclic) bond motifs is 1. The fourth-order valence-corrected chi connectivity index (χ4v) is 7.82. The molecular weight excluding hydrogens is 652 g/mol. The summed E-state index contributed by atoms with van der Waals surface area (Å²) in [5.41, 5.74) is 2.88. The Morgan fingerprint density at radius 1 is 0.808 bits per heavy atom. The number of rotatable bonds is 12. The van der Waals surface area contributed by atoms with Crippen molar-refractivity contribution < 1.29 is 19.1 Å². The molecule has 0 radical (unpaired) electrons. The Labute approximate surface area is 308 Å². The van der Waals surface area contributed by atoms with Crippen LogP contribution in [0.15, 0.2) is 83.9 Å². The molecule has 2 saturated carbocycles. The lowest BCUT2D eigenvalue weighted by molar-refractivity contribution is -0.138. The summed E-state index contributed by atoms with van der Waals surface area (Å²) in [5, 5.41) is 5.98. The van der Waals surface area contributed by atoms with Crippen LogP contribution in [0.3, 0.4) is 0 Å². The molecule has 10 heteroatoms. The number of amides is 4. The Kier molecular flexibility index (Phi) is 12.8. The number of benzene rings is 3. The zero-order valence-electron chi connectivity index (χ0n) is 30.8. The van der Waals surface area contributed by atoms with E-state index >= 15 is 0 Å². The molecule has 0 saturated heterocycles. The number of anilines is 2. The number of ether oxygens (including phenoxy) is 1. The molecule has 1 heterocycles. The van der Waals surface area contributed by atoms with E-state index in [4.69, 9.17) is 9.73 Å². The molecule has 3 aliphatic rings. The highest BCUT2D eigenvalue weighted by atomic mass is 16.5. The number of carbonyl (C=O) groups excluding carboxylic acids is 3. The molecule has 3 aromatic carbocycles. The van der Waals surface area contributed by atoms with Crippen LogP contribution in [0.4, 0.5) is 21.9 Å². The topological polar surface area (TPSA) is 107 Å². The highest BCUT2D eigenvalue weighted by Gasteiger charge is 2.32. The largest absolute Gasteiger partial charge is 0.491 e. The molecule has 1 aliphatic heterocycles. The van der Waals surface area contributed by atoms with Gasteiger partial charge in [0, 0.05) is 36.7 Å². The number of urea groups is 1. The first-order valence-electron chi connectivity index (χ1n) is 19.3. The fourth-order valence-electron chi connectivity index (χ4n) is 7.82. The maximum absolute atomic E-state index is 14.1. The monoisotopic (exact) mass is 706 g/mol. The highest BCUT2D eigenvalue weighted by molar-refractivity contribution is 6.09. The second kappa shape index (κ2) is 18.1. The van der Waals surface area contributed by atoms with Gasteiger partial charge >= 0.3 is 6.03 Å². The minimum Gasteiger partial charge on any atom is -0.491 e. The lowest BCUT2D eigenvalue weighted by atomic mass is 9.88. The quantitative estimate of drug-likeness (QED) is 0.185. The normalized spacial score (nSPS) is 16.4. The molecule has 4 amide bonds. The number of para-hydroxylation sites is 3. The fraction of sp³-hybridized carbons (Fsp3) is 0.476. The van der Waals surface area contributed by atoms with Gasteiger partial charge in [-0.2, -0.15) is 0 Å². The van der Waals surface area contributed by atoms with E-state index in [0.717, 1.165) is 31.2 Å². The lowest BCUT2D eigenvalue weighted by Crippen LogP contribution is -2.52. The molecule has 52 heavy (non-hydrogen) atoms. The van der Waals surface area contributed by atoms with E-state index in [1.807, 2.05) is 92.7 Å². The molecule has 276 valence electrons. The van der Waals surface area contributed by atoms with E-state index in [-0.39, 0.29) is 30.4 Å². The maximum atomic E-state index is 14.1. The number of hydrogen-bond acceptors (Lipinski definition) is 6. The minimum atomic E-state index is -0.411. The summed E-state index contributed by atoms with van der Waals surface area (Å²) in [4.78, 5) is 51.4. The Morgan fingerprint density at radius 3 is 1.98 bits per heavy atom. The van der Waals surface area contributed by atoms with Crippen molar-refractivity contribution in [2.75, 3.05) is 18.1 Å². The minimum absolute atomic E-state index is 0.0130. The van der Waals surface area contributed by atoms with Crippen LogP contribution in [-0.2, 0) is 16.1 Å². The number of nitrogens with zero attached hydrogens (tertiary/aromatic N) is 4. The first-order valence-corrected chi connectivity index (χ1v) is 19.3. The predicted molar refractivity (Wildman–Crippen MR) is 206 cm³/mol. The molecular formula is C42H54N6O4. The van der Waals surface area contributed by atoms with Gasteiger partial charge in [0.2, 0.25) is 17.8 Å². The molecule has 2 fully saturated rings. The number of hydrogen-bond donors (Lipinski definition) is 2. The van der Waals surface area contributed by atoms with Crippen LogP contribution in [0.1, 0.15) is 96.5 Å². The van der Waals surface area contributed by atoms with E-state index in [2.05, 4.69) is 15.5 Å². The smallest absolute Gasteiger partial charge is 0.333 e. The van der Waals surface area contributed by atoms with Crippen molar-refractivity contribution in [2.24, 2.45) is 4.99 Å². The Balaban J connectivity index is 1.19. The van der Waals surface area contributed by atoms with Crippen LogP contribution >= 0.6 is 0 Å². The van der Waals surface area contributed by atoms with Gasteiger partial charge in [-0.3, -0.25) is 19.8 Å². The van der Waals surface area contributed by atoms with E-state index in [1.165, 1.54) is 38.5 Å². The average Bonchev–Trinajstić information content (AvgIpc) is 3.15. The van der Waals surface area contributed by atoms with Crippen LogP contribution in [0.5, 0.6) is 5.75 Å². The first kappa shape index (κ1) is 36.9. The molecule has 0 spiro atoms. The van der Waals surface area contributed by atoms with Crippen LogP contribution in [-0.4, -0.2) is 64.9 Å². The maximum Gasteiger partial charge on any atom is 0.333 e. The summed E-state index contributed by atoms with van der Waals surface area (Å²) in [6, 6.07) is 24.9. The summed E-state index contributed by atoms with van der Waals surface area (Å²) in [6.07, 6.45) is 12.9. The summed E-state index contributed by atoms with van der Waals surface area (Å²) < 4.78 is 6.34. The standard InChI is InChI=1S/C42H54N6O4/c1-31(2)43-38(49)30-46-29-32-17-15-26-37(52-28-16-27-39(50)47(33-18-7-3-8-19-33)34-20-9-4-10-21-34)40(32)44-41(46)45-42(51)48(35-22-11-5-12-23-35)36-24-13-6-14-25-36/h5-6,11-15,17,22-26,31,33-34H,3-4,7-10,16,18-21,27-30H2,1-2H3,(H,43,49)(H,44,45,51). The van der Waals surface area contributed by atoms with Crippen molar-refractivity contribution in [3.8, 4) is 5.75 Å². The van der Waals surface area contributed by atoms with Crippen LogP contribution in [0.2, 0.25) is 0 Å². The van der Waals surface area contributed by atoms with Crippen molar-refractivity contribution in [3.63, 3.8) is 0 Å². The van der Waals surface area contributed by atoms with E-state index in [1.54, 1.807) is 9.80 Å². The Hall–Kier alpha value is -4.86. The third kappa shape index (κ3) is 9.52. The van der Waals surface area contributed by atoms with E-state index in [9.17, 15) is 14.4 Å². The van der Waals surface area contributed by atoms with Crippen LogP contribution in [0, 0.1) is 0 Å². The zero-order valence-corrected chi connectivity index (χ0v) is 30.8. The third-order valence-corrected chi connectivity index (χ3v) is 10.2. The van der Waals surface area contributed by atoms with Crippen molar-refractivity contribution >= 4 is 40.9 Å². The lowest BCUT2D eigenvalue weighted by Gasteiger charge is -2.42. The zero-order chi connectivity index (χ0) is 36.3. The highest BCUT2D eigenvalue weighted by Crippen LogP contribution is 2.36. The number of guanidine groups is 1. The van der Waals surface area contributed by atoms with Gasteiger partial charge in [0.25, 0.3) is 0 Å². The molecule has 0 aromatic heterocycles. The van der Waals surface area contributed by atoms with E-state index < -0.39 is 6.03 Å². The molecule has 2 aliphatic carbocycles. The molecule has 0 bridgehead atoms. The molecule has 10 nitrogen and oxygen atoms in total. The number of nitrogens with one attached hydrogen (secondary N) is 2. The Morgan fingerprint density at radius 2 is 1.40 bits per heavy atom. The molecule has 6 rings (SSSR count). The third-order valence-electron chi connectivity index (χ3n) is 10.2. The summed E-state index contributed by atoms with van der Waals surface area (Å²) in [6.45, 7) is 4.57. The van der Waals surface area contributed by atoms with Crippen molar-refractivity contribution in [3.05, 3.63) is 84.4 Å². The van der Waals surface area contributed by atoms with Gasteiger partial charge in [0.1, 0.15) is 18.0 Å². The van der Waals surface area contributed by atoms with Gasteiger partial charge in [-0.25, -0.2) is 9.79 Å². The van der Waals surface area contributed by atoms with Crippen molar-refractivity contribution in [2.45, 2.75) is 116 Å². The van der Waals surface area contributed by atoms with E-state index in [0.29, 0.717) is 60.9 Å². The van der Waals surface area contributed by atoms with Crippen molar-refractivity contribution in [1.29, 1.82) is 0 Å². The van der Waals surface area contributed by atoms with Crippen LogP contribution < -0.4 is 20.3 Å². The predicted octanol–water partition coefficient (Wildman–Crippen LogP) is 8.22. The van der Waals surface area contributed by atoms with Gasteiger partial charge in [0.05, 0.1) is 18.0 Å². The molecule has 0 unspecified atom stereocenters. The van der Waals surface area contributed by atoms with Crippen LogP contribution in [0.25, 0.3) is 0 Å². The van der Waals surface area contributed by atoms with Gasteiger partial charge in [0.15, 0.2) is 0 Å². The summed E-state index contributed by atoms with van der Waals surface area (Å²) >= 11 is 0. The van der Waals surface area contributed by atoms with Gasteiger partial charge in [-0.1, -0.05) is 87.1 Å².